The van der Waals surface area contributed by atoms with Crippen LogP contribution in [0.2, 0.25) is 0 Å². The highest BCUT2D eigenvalue weighted by atomic mass is 16.5. The summed E-state index contributed by atoms with van der Waals surface area (Å²) in [5.41, 5.74) is 11.1. The first-order chi connectivity index (χ1) is 15.1. The Kier molecular flexibility index (Phi) is 5.85. The third kappa shape index (κ3) is 4.36. The molecule has 0 radical (unpaired) electrons. The zero-order chi connectivity index (χ0) is 21.8. The van der Waals surface area contributed by atoms with E-state index >= 15 is 0 Å². The second-order valence-corrected chi connectivity index (χ2v) is 7.38. The number of nitrogens with two attached hydrogens (primary N) is 1. The zero-order valence-electron chi connectivity index (χ0n) is 17.8. The molecule has 0 atom stereocenters. The lowest BCUT2D eigenvalue weighted by Crippen LogP contribution is -2.39. The van der Waals surface area contributed by atoms with Crippen LogP contribution in [-0.4, -0.2) is 17.0 Å². The number of Topliss-reactive ketones (excluding diaryl/α,β-unsaturated/α-hetero) is 1. The summed E-state index contributed by atoms with van der Waals surface area (Å²) < 4.78 is 9.19. The van der Waals surface area contributed by atoms with Crippen molar-refractivity contribution in [2.75, 3.05) is 12.3 Å². The van der Waals surface area contributed by atoms with Gasteiger partial charge in [-0.15, -0.1) is 0 Å². The van der Waals surface area contributed by atoms with Crippen LogP contribution in [0, 0.1) is 0 Å². The molecule has 0 saturated heterocycles. The summed E-state index contributed by atoms with van der Waals surface area (Å²) >= 11 is 0. The normalized spacial score (nSPS) is 10.8. The fourth-order valence-electron chi connectivity index (χ4n) is 3.63. The minimum atomic E-state index is 0.0140. The van der Waals surface area contributed by atoms with Crippen molar-refractivity contribution >= 4 is 11.7 Å². The Morgan fingerprint density at radius 3 is 2.16 bits per heavy atom. The Morgan fingerprint density at radius 1 is 0.903 bits per heavy atom. The predicted molar refractivity (Wildman–Crippen MR) is 123 cm³/mol. The molecule has 3 aromatic carbocycles. The molecule has 0 fully saturated rings. The maximum atomic E-state index is 12.9. The van der Waals surface area contributed by atoms with Gasteiger partial charge in [-0.3, -0.25) is 10.5 Å². The van der Waals surface area contributed by atoms with Gasteiger partial charge < -0.3 is 4.74 Å². The van der Waals surface area contributed by atoms with E-state index in [-0.39, 0.29) is 12.3 Å². The van der Waals surface area contributed by atoms with Crippen molar-refractivity contribution in [2.24, 2.45) is 7.05 Å². The van der Waals surface area contributed by atoms with Gasteiger partial charge in [0.15, 0.2) is 5.78 Å². The van der Waals surface area contributed by atoms with Crippen LogP contribution < -0.4 is 15.0 Å². The molecule has 0 unspecified atom stereocenters. The van der Waals surface area contributed by atoms with Gasteiger partial charge in [-0.05, 0) is 42.3 Å². The van der Waals surface area contributed by atoms with Crippen LogP contribution in [-0.2, 0) is 13.6 Å². The first-order valence-electron chi connectivity index (χ1n) is 10.3. The van der Waals surface area contributed by atoms with Crippen LogP contribution >= 0.6 is 0 Å². The largest absolute Gasteiger partial charge is 0.494 e. The molecule has 31 heavy (non-hydrogen) atoms. The minimum absolute atomic E-state index is 0.0140. The summed E-state index contributed by atoms with van der Waals surface area (Å²) in [4.78, 5) is 12.9. The lowest BCUT2D eigenvalue weighted by atomic mass is 10.0. The van der Waals surface area contributed by atoms with Crippen LogP contribution in [0.15, 0.2) is 85.1 Å². The highest BCUT2D eigenvalue weighted by Gasteiger charge is 2.20. The van der Waals surface area contributed by atoms with Crippen molar-refractivity contribution < 1.29 is 14.1 Å². The fraction of sp³-hybridized carbons (Fsp3) is 0.154. The molecule has 1 aromatic heterocycles. The quantitative estimate of drug-likeness (QED) is 0.359. The Morgan fingerprint density at radius 2 is 1.52 bits per heavy atom. The molecule has 156 valence electrons. The summed E-state index contributed by atoms with van der Waals surface area (Å²) in [6.45, 7) is 2.77. The van der Waals surface area contributed by atoms with Gasteiger partial charge in [0.05, 0.1) is 13.7 Å². The minimum Gasteiger partial charge on any atom is -0.494 e. The Hall–Kier alpha value is -3.86. The molecule has 2 N–H and O–H groups in total. The predicted octanol–water partition coefficient (Wildman–Crippen LogP) is 4.51. The average molecular weight is 413 g/mol. The Balaban J connectivity index is 1.53. The molecule has 0 spiro atoms. The van der Waals surface area contributed by atoms with Gasteiger partial charge in [0.2, 0.25) is 0 Å². The second kappa shape index (κ2) is 8.88. The Bertz CT molecular complexity index is 1180. The van der Waals surface area contributed by atoms with Gasteiger partial charge in [-0.25, -0.2) is 9.13 Å². The summed E-state index contributed by atoms with van der Waals surface area (Å²) in [6, 6.07) is 25.7. The Labute approximate surface area is 182 Å². The smallest absolute Gasteiger partial charge is 0.355 e. The third-order valence-corrected chi connectivity index (χ3v) is 5.37. The molecule has 4 rings (SSSR count). The molecule has 0 saturated carbocycles. The number of aromatic nitrogens is 2. The monoisotopic (exact) mass is 412 g/mol. The number of nitrogen functional groups attached to an aromatic ring is 1. The topological polar surface area (TPSA) is 61.1 Å². The number of nitrogens with zero attached hydrogens (tertiary/aromatic N) is 2. The number of anilines is 1. The number of hydrogen-bond acceptors (Lipinski definition) is 3. The SMILES string of the molecule is CCOc1ccc(-c2c[n+](CC(=O)c3ccc(-c4ccccc4)cc3)c(N)n2C)cc1. The number of carbonyl (C=O) groups is 1. The molecule has 4 aromatic rings. The van der Waals surface area contributed by atoms with E-state index in [9.17, 15) is 4.79 Å². The summed E-state index contributed by atoms with van der Waals surface area (Å²) in [6.07, 6.45) is 1.92. The molecule has 1 heterocycles. The van der Waals surface area contributed by atoms with Crippen LogP contribution in [0.25, 0.3) is 22.4 Å². The number of rotatable bonds is 7. The second-order valence-electron chi connectivity index (χ2n) is 7.38. The van der Waals surface area contributed by atoms with Crippen molar-refractivity contribution in [1.29, 1.82) is 0 Å². The summed E-state index contributed by atoms with van der Waals surface area (Å²) in [5, 5.41) is 0. The number of hydrogen-bond donors (Lipinski definition) is 1. The molecule has 0 aliphatic rings. The maximum Gasteiger partial charge on any atom is 0.355 e. The van der Waals surface area contributed by atoms with Crippen LogP contribution in [0.4, 0.5) is 5.95 Å². The van der Waals surface area contributed by atoms with E-state index < -0.39 is 0 Å². The first-order valence-corrected chi connectivity index (χ1v) is 10.3. The molecule has 0 aliphatic carbocycles. The molecule has 0 bridgehead atoms. The first kappa shape index (κ1) is 20.4. The number of ether oxygens (including phenoxy) is 1. The zero-order valence-corrected chi connectivity index (χ0v) is 17.8. The molecule has 0 amide bonds. The van der Waals surface area contributed by atoms with Gasteiger partial charge >= 0.3 is 5.95 Å². The molecule has 5 heteroatoms. The number of imidazole rings is 1. The standard InChI is InChI=1S/C26H25N3O2/c1-3-31-23-15-13-21(14-16-23)24-17-29(26(27)28(24)2)18-25(30)22-11-9-20(10-12-22)19-7-5-4-6-8-19/h4-17,27H,3,18H2,1-2H3/p+1. The average Bonchev–Trinajstić information content (AvgIpc) is 3.09. The lowest BCUT2D eigenvalue weighted by molar-refractivity contribution is -0.667. The number of benzene rings is 3. The van der Waals surface area contributed by atoms with Crippen molar-refractivity contribution in [1.82, 2.24) is 4.57 Å². The third-order valence-electron chi connectivity index (χ3n) is 5.37. The van der Waals surface area contributed by atoms with E-state index in [1.807, 2.05) is 91.5 Å². The fourth-order valence-corrected chi connectivity index (χ4v) is 3.63. The number of carbonyl (C=O) groups excluding carboxylic acids is 1. The maximum absolute atomic E-state index is 12.9. The van der Waals surface area contributed by atoms with Gasteiger partial charge in [-0.2, -0.15) is 0 Å². The van der Waals surface area contributed by atoms with Gasteiger partial charge in [-0.1, -0.05) is 54.6 Å². The van der Waals surface area contributed by atoms with E-state index in [0.29, 0.717) is 18.1 Å². The van der Waals surface area contributed by atoms with Crippen LogP contribution in [0.3, 0.4) is 0 Å². The van der Waals surface area contributed by atoms with Crippen LogP contribution in [0.1, 0.15) is 17.3 Å². The molecular formula is C26H26N3O2+. The number of ketones is 1. The molecule has 0 aliphatic heterocycles. The van der Waals surface area contributed by atoms with Gasteiger partial charge in [0.25, 0.3) is 0 Å². The summed E-state index contributed by atoms with van der Waals surface area (Å²) in [7, 11) is 1.90. The van der Waals surface area contributed by atoms with Crippen molar-refractivity contribution in [3.05, 3.63) is 90.6 Å². The lowest BCUT2D eigenvalue weighted by Gasteiger charge is -2.04. The summed E-state index contributed by atoms with van der Waals surface area (Å²) in [5.74, 6) is 1.37. The van der Waals surface area contributed by atoms with Gasteiger partial charge in [0.1, 0.15) is 24.2 Å². The highest BCUT2D eigenvalue weighted by molar-refractivity contribution is 5.95. The van der Waals surface area contributed by atoms with Crippen molar-refractivity contribution in [2.45, 2.75) is 13.5 Å². The van der Waals surface area contributed by atoms with Gasteiger partial charge in [0, 0.05) is 11.1 Å². The van der Waals surface area contributed by atoms with E-state index in [1.54, 1.807) is 4.57 Å². The molecular weight excluding hydrogens is 386 g/mol. The van der Waals surface area contributed by atoms with E-state index in [4.69, 9.17) is 10.5 Å². The van der Waals surface area contributed by atoms with Crippen LogP contribution in [0.5, 0.6) is 5.75 Å². The van der Waals surface area contributed by atoms with E-state index in [1.165, 1.54) is 0 Å². The highest BCUT2D eigenvalue weighted by Crippen LogP contribution is 2.23. The van der Waals surface area contributed by atoms with Crippen molar-refractivity contribution in [3.63, 3.8) is 0 Å². The molecule has 5 nitrogen and oxygen atoms in total. The van der Waals surface area contributed by atoms with E-state index in [2.05, 4.69) is 12.1 Å². The van der Waals surface area contributed by atoms with E-state index in [0.717, 1.165) is 28.1 Å². The van der Waals surface area contributed by atoms with Crippen molar-refractivity contribution in [3.8, 4) is 28.1 Å².